The van der Waals surface area contributed by atoms with E-state index in [1.807, 2.05) is 0 Å². The lowest BCUT2D eigenvalue weighted by Crippen LogP contribution is -2.36. The van der Waals surface area contributed by atoms with Crippen molar-refractivity contribution in [3.8, 4) is 0 Å². The van der Waals surface area contributed by atoms with E-state index in [2.05, 4.69) is 10.6 Å². The van der Waals surface area contributed by atoms with E-state index in [0.717, 1.165) is 0 Å². The highest BCUT2D eigenvalue weighted by molar-refractivity contribution is 5.97. The lowest BCUT2D eigenvalue weighted by atomic mass is 10.1. The first-order chi connectivity index (χ1) is 9.45. The Hall–Kier alpha value is -2.37. The fraction of sp³-hybridized carbons (Fsp3) is 0.357. The van der Waals surface area contributed by atoms with Crippen LogP contribution in [0.2, 0.25) is 0 Å². The van der Waals surface area contributed by atoms with Crippen molar-refractivity contribution >= 4 is 23.4 Å². The summed E-state index contributed by atoms with van der Waals surface area (Å²) in [6, 6.07) is 6.53. The zero-order valence-electron chi connectivity index (χ0n) is 11.5. The third kappa shape index (κ3) is 3.34. The van der Waals surface area contributed by atoms with E-state index in [9.17, 15) is 14.4 Å². The van der Waals surface area contributed by atoms with Crippen LogP contribution in [0.25, 0.3) is 0 Å². The molecule has 0 radical (unpaired) electrons. The van der Waals surface area contributed by atoms with Crippen LogP contribution in [0.4, 0.5) is 5.69 Å². The summed E-state index contributed by atoms with van der Waals surface area (Å²) in [4.78, 5) is 36.1. The average Bonchev–Trinajstić information content (AvgIpc) is 2.67. The molecule has 0 spiro atoms. The molecule has 3 amide bonds. The number of likely N-dealkylation sites (N-methyl/N-ethyl adjacent to an activating group) is 1. The van der Waals surface area contributed by atoms with Crippen molar-refractivity contribution in [2.24, 2.45) is 0 Å². The highest BCUT2D eigenvalue weighted by atomic mass is 16.2. The third-order valence-electron chi connectivity index (χ3n) is 3.12. The van der Waals surface area contributed by atoms with Gasteiger partial charge in [-0.2, -0.15) is 0 Å². The molecule has 1 aliphatic heterocycles. The minimum atomic E-state index is -0.245. The van der Waals surface area contributed by atoms with Gasteiger partial charge in [0.1, 0.15) is 0 Å². The number of amides is 3. The topological polar surface area (TPSA) is 78.5 Å². The number of benzene rings is 1. The minimum Gasteiger partial charge on any atom is -0.347 e. The summed E-state index contributed by atoms with van der Waals surface area (Å²) in [5, 5.41) is 5.45. The van der Waals surface area contributed by atoms with Crippen LogP contribution < -0.4 is 10.6 Å². The Morgan fingerprint density at radius 1 is 1.35 bits per heavy atom. The van der Waals surface area contributed by atoms with Gasteiger partial charge in [0.05, 0.1) is 6.04 Å². The molecule has 0 bridgehead atoms. The third-order valence-corrected chi connectivity index (χ3v) is 3.12. The van der Waals surface area contributed by atoms with Gasteiger partial charge in [0.25, 0.3) is 5.91 Å². The molecule has 0 saturated carbocycles. The molecule has 1 heterocycles. The summed E-state index contributed by atoms with van der Waals surface area (Å²) < 4.78 is 0. The highest BCUT2D eigenvalue weighted by Gasteiger charge is 2.28. The summed E-state index contributed by atoms with van der Waals surface area (Å²) in [5.41, 5.74) is 1.03. The number of rotatable bonds is 3. The molecular formula is C14H17N3O3. The Balaban J connectivity index is 2.02. The maximum Gasteiger partial charge on any atom is 0.251 e. The maximum atomic E-state index is 12.1. The second-order valence-corrected chi connectivity index (χ2v) is 4.91. The van der Waals surface area contributed by atoms with Gasteiger partial charge in [-0.15, -0.1) is 0 Å². The Kier molecular flexibility index (Phi) is 4.02. The number of hydrogen-bond acceptors (Lipinski definition) is 3. The highest BCUT2D eigenvalue weighted by Crippen LogP contribution is 2.13. The van der Waals surface area contributed by atoms with Gasteiger partial charge in [-0.1, -0.05) is 6.07 Å². The largest absolute Gasteiger partial charge is 0.347 e. The van der Waals surface area contributed by atoms with Gasteiger partial charge < -0.3 is 15.5 Å². The van der Waals surface area contributed by atoms with Crippen molar-refractivity contribution in [1.29, 1.82) is 0 Å². The molecule has 0 aromatic heterocycles. The van der Waals surface area contributed by atoms with Gasteiger partial charge in [0.2, 0.25) is 11.8 Å². The monoisotopic (exact) mass is 275 g/mol. The van der Waals surface area contributed by atoms with Crippen molar-refractivity contribution in [2.45, 2.75) is 19.4 Å². The molecule has 1 saturated heterocycles. The van der Waals surface area contributed by atoms with Crippen molar-refractivity contribution in [3.63, 3.8) is 0 Å². The molecule has 1 aromatic rings. The molecule has 2 rings (SSSR count). The normalized spacial score (nSPS) is 18.0. The lowest BCUT2D eigenvalue weighted by Gasteiger charge is -2.13. The first kappa shape index (κ1) is 14.0. The fourth-order valence-corrected chi connectivity index (χ4v) is 2.17. The number of nitrogens with one attached hydrogen (secondary N) is 2. The van der Waals surface area contributed by atoms with Crippen LogP contribution in [-0.2, 0) is 9.59 Å². The van der Waals surface area contributed by atoms with E-state index >= 15 is 0 Å². The predicted molar refractivity (Wildman–Crippen MR) is 74.3 cm³/mol. The molecule has 106 valence electrons. The molecule has 1 unspecified atom stereocenters. The summed E-state index contributed by atoms with van der Waals surface area (Å²) in [5.74, 6) is -0.404. The van der Waals surface area contributed by atoms with Crippen molar-refractivity contribution in [1.82, 2.24) is 10.2 Å². The van der Waals surface area contributed by atoms with Crippen LogP contribution >= 0.6 is 0 Å². The Morgan fingerprint density at radius 3 is 2.70 bits per heavy atom. The Labute approximate surface area is 117 Å². The second-order valence-electron chi connectivity index (χ2n) is 4.91. The van der Waals surface area contributed by atoms with Crippen molar-refractivity contribution < 1.29 is 14.4 Å². The minimum absolute atomic E-state index is 0.0299. The molecule has 6 nitrogen and oxygen atoms in total. The second kappa shape index (κ2) is 5.73. The first-order valence-electron chi connectivity index (χ1n) is 6.38. The quantitative estimate of drug-likeness (QED) is 0.848. The van der Waals surface area contributed by atoms with Gasteiger partial charge in [0, 0.05) is 38.2 Å². The van der Waals surface area contributed by atoms with Gasteiger partial charge in [0.15, 0.2) is 0 Å². The van der Waals surface area contributed by atoms with Gasteiger partial charge in [-0.25, -0.2) is 0 Å². The summed E-state index contributed by atoms with van der Waals surface area (Å²) in [7, 11) is 1.71. The number of hydrogen-bond donors (Lipinski definition) is 2. The lowest BCUT2D eigenvalue weighted by molar-refractivity contribution is -0.126. The average molecular weight is 275 g/mol. The van der Waals surface area contributed by atoms with E-state index in [4.69, 9.17) is 0 Å². The smallest absolute Gasteiger partial charge is 0.251 e. The van der Waals surface area contributed by atoms with Crippen LogP contribution in [0.1, 0.15) is 23.7 Å². The van der Waals surface area contributed by atoms with Crippen molar-refractivity contribution in [3.05, 3.63) is 29.8 Å². The summed E-state index contributed by atoms with van der Waals surface area (Å²) in [6.45, 7) is 1.93. The molecule has 20 heavy (non-hydrogen) atoms. The predicted octanol–water partition coefficient (Wildman–Crippen LogP) is 0.605. The first-order valence-corrected chi connectivity index (χ1v) is 6.38. The number of nitrogens with zero attached hydrogens (tertiary/aromatic N) is 1. The van der Waals surface area contributed by atoms with Crippen LogP contribution in [0.15, 0.2) is 24.3 Å². The van der Waals surface area contributed by atoms with Crippen LogP contribution in [0.3, 0.4) is 0 Å². The number of anilines is 1. The fourth-order valence-electron chi connectivity index (χ4n) is 2.17. The van der Waals surface area contributed by atoms with Crippen molar-refractivity contribution in [2.75, 3.05) is 18.9 Å². The summed E-state index contributed by atoms with van der Waals surface area (Å²) >= 11 is 0. The van der Waals surface area contributed by atoms with Gasteiger partial charge >= 0.3 is 0 Å². The molecule has 1 aromatic carbocycles. The standard InChI is InChI=1S/C14H17N3O3/c1-9(18)15-11-5-3-4-10(6-11)14(20)16-12-7-13(19)17(2)8-12/h3-6,12H,7-8H2,1-2H3,(H,15,18)(H,16,20). The van der Waals surface area contributed by atoms with E-state index in [0.29, 0.717) is 24.2 Å². The zero-order valence-corrected chi connectivity index (χ0v) is 11.5. The SMILES string of the molecule is CC(=O)Nc1cccc(C(=O)NC2CC(=O)N(C)C2)c1. The molecule has 1 aliphatic rings. The van der Waals surface area contributed by atoms with Crippen LogP contribution in [-0.4, -0.2) is 42.3 Å². The van der Waals surface area contributed by atoms with E-state index in [-0.39, 0.29) is 23.8 Å². The summed E-state index contributed by atoms with van der Waals surface area (Å²) in [6.07, 6.45) is 0.327. The molecule has 2 N–H and O–H groups in total. The van der Waals surface area contributed by atoms with E-state index < -0.39 is 0 Å². The maximum absolute atomic E-state index is 12.1. The molecule has 0 aliphatic carbocycles. The van der Waals surface area contributed by atoms with E-state index in [1.54, 1.807) is 36.2 Å². The molecule has 1 fully saturated rings. The number of carbonyl (C=O) groups excluding carboxylic acids is 3. The molecule has 1 atom stereocenters. The number of carbonyl (C=O) groups is 3. The Morgan fingerprint density at radius 2 is 2.10 bits per heavy atom. The molecular weight excluding hydrogens is 258 g/mol. The van der Waals surface area contributed by atoms with Crippen LogP contribution in [0, 0.1) is 0 Å². The van der Waals surface area contributed by atoms with Gasteiger partial charge in [-0.3, -0.25) is 14.4 Å². The molecule has 6 heteroatoms. The zero-order chi connectivity index (χ0) is 14.7. The van der Waals surface area contributed by atoms with Gasteiger partial charge in [-0.05, 0) is 18.2 Å². The number of likely N-dealkylation sites (tertiary alicyclic amines) is 1. The van der Waals surface area contributed by atoms with Crippen LogP contribution in [0.5, 0.6) is 0 Å². The van der Waals surface area contributed by atoms with E-state index in [1.165, 1.54) is 6.92 Å². The Bertz CT molecular complexity index is 556.